The van der Waals surface area contributed by atoms with Crippen LogP contribution in [0, 0.1) is 6.92 Å². The standard InChI is InChI=1S/C9H13BrS/c1-7(5-6-10)9-4-3-8(2)11-9/h3-4,7H,5-6H2,1-2H3. The fraction of sp³-hybridized carbons (Fsp3) is 0.556. The van der Waals surface area contributed by atoms with Crippen LogP contribution in [0.2, 0.25) is 0 Å². The maximum atomic E-state index is 3.46. The highest BCUT2D eigenvalue weighted by Crippen LogP contribution is 2.26. The number of alkyl halides is 1. The molecule has 1 unspecified atom stereocenters. The smallest absolute Gasteiger partial charge is 0.00765 e. The van der Waals surface area contributed by atoms with Crippen molar-refractivity contribution in [3.05, 3.63) is 21.9 Å². The fourth-order valence-electron chi connectivity index (χ4n) is 1.02. The molecule has 0 fully saturated rings. The molecule has 0 aliphatic carbocycles. The first-order valence-corrected chi connectivity index (χ1v) is 5.80. The van der Waals surface area contributed by atoms with Crippen molar-refractivity contribution in [1.82, 2.24) is 0 Å². The number of thiophene rings is 1. The van der Waals surface area contributed by atoms with Gasteiger partial charge in [0.2, 0.25) is 0 Å². The third-order valence-corrected chi connectivity index (χ3v) is 3.48. The Bertz CT molecular complexity index is 217. The minimum Gasteiger partial charge on any atom is -0.145 e. The first-order valence-electron chi connectivity index (χ1n) is 3.86. The summed E-state index contributed by atoms with van der Waals surface area (Å²) in [6.07, 6.45) is 1.24. The summed E-state index contributed by atoms with van der Waals surface area (Å²) in [5, 5.41) is 1.10. The Balaban J connectivity index is 2.60. The number of rotatable bonds is 3. The average molecular weight is 233 g/mol. The molecule has 1 aromatic heterocycles. The van der Waals surface area contributed by atoms with Crippen molar-refractivity contribution >= 4 is 27.3 Å². The number of hydrogen-bond donors (Lipinski definition) is 0. The lowest BCUT2D eigenvalue weighted by molar-refractivity contribution is 0.759. The second-order valence-corrected chi connectivity index (χ2v) is 4.94. The molecule has 0 aliphatic heterocycles. The highest BCUT2D eigenvalue weighted by molar-refractivity contribution is 9.09. The van der Waals surface area contributed by atoms with Gasteiger partial charge in [0.05, 0.1) is 0 Å². The number of hydrogen-bond acceptors (Lipinski definition) is 1. The maximum Gasteiger partial charge on any atom is 0.00765 e. The van der Waals surface area contributed by atoms with Crippen LogP contribution in [-0.4, -0.2) is 5.33 Å². The minimum atomic E-state index is 0.716. The van der Waals surface area contributed by atoms with E-state index >= 15 is 0 Å². The van der Waals surface area contributed by atoms with Gasteiger partial charge in [-0.25, -0.2) is 0 Å². The van der Waals surface area contributed by atoms with Crippen LogP contribution in [0.25, 0.3) is 0 Å². The molecule has 0 nitrogen and oxygen atoms in total. The summed E-state index contributed by atoms with van der Waals surface area (Å²) in [4.78, 5) is 2.93. The van der Waals surface area contributed by atoms with Crippen molar-refractivity contribution in [2.75, 3.05) is 5.33 Å². The van der Waals surface area contributed by atoms with Gasteiger partial charge < -0.3 is 0 Å². The van der Waals surface area contributed by atoms with Gasteiger partial charge in [-0.15, -0.1) is 11.3 Å². The van der Waals surface area contributed by atoms with Crippen LogP contribution in [0.5, 0.6) is 0 Å². The molecule has 1 atom stereocenters. The van der Waals surface area contributed by atoms with Gasteiger partial charge in [-0.3, -0.25) is 0 Å². The molecule has 1 aromatic rings. The molecule has 0 spiro atoms. The Morgan fingerprint density at radius 3 is 2.73 bits per heavy atom. The van der Waals surface area contributed by atoms with Gasteiger partial charge in [-0.2, -0.15) is 0 Å². The molecule has 0 N–H and O–H groups in total. The van der Waals surface area contributed by atoms with Gasteiger partial charge in [-0.1, -0.05) is 22.9 Å². The van der Waals surface area contributed by atoms with E-state index in [9.17, 15) is 0 Å². The molecule has 0 saturated carbocycles. The van der Waals surface area contributed by atoms with E-state index in [4.69, 9.17) is 0 Å². The van der Waals surface area contributed by atoms with Gasteiger partial charge in [0, 0.05) is 15.1 Å². The maximum absolute atomic E-state index is 3.46. The van der Waals surface area contributed by atoms with Crippen molar-refractivity contribution in [2.45, 2.75) is 26.2 Å². The van der Waals surface area contributed by atoms with Crippen LogP contribution in [-0.2, 0) is 0 Å². The second kappa shape index (κ2) is 4.27. The Morgan fingerprint density at radius 1 is 1.55 bits per heavy atom. The molecule has 0 aliphatic rings. The van der Waals surface area contributed by atoms with Crippen LogP contribution < -0.4 is 0 Å². The Morgan fingerprint density at radius 2 is 2.27 bits per heavy atom. The molecule has 0 saturated heterocycles. The van der Waals surface area contributed by atoms with Crippen molar-refractivity contribution in [3.63, 3.8) is 0 Å². The first-order chi connectivity index (χ1) is 5.24. The average Bonchev–Trinajstić information content (AvgIpc) is 2.36. The quantitative estimate of drug-likeness (QED) is 0.693. The topological polar surface area (TPSA) is 0 Å². The van der Waals surface area contributed by atoms with E-state index in [2.05, 4.69) is 41.9 Å². The monoisotopic (exact) mass is 232 g/mol. The minimum absolute atomic E-state index is 0.716. The van der Waals surface area contributed by atoms with Gasteiger partial charge in [0.25, 0.3) is 0 Å². The molecule has 1 heterocycles. The summed E-state index contributed by atoms with van der Waals surface area (Å²) < 4.78 is 0. The zero-order chi connectivity index (χ0) is 8.27. The Kier molecular flexibility index (Phi) is 3.60. The largest absolute Gasteiger partial charge is 0.145 e. The van der Waals surface area contributed by atoms with Crippen molar-refractivity contribution in [2.24, 2.45) is 0 Å². The molecular weight excluding hydrogens is 220 g/mol. The summed E-state index contributed by atoms with van der Waals surface area (Å²) in [6.45, 7) is 4.45. The summed E-state index contributed by atoms with van der Waals surface area (Å²) in [5.41, 5.74) is 0. The zero-order valence-corrected chi connectivity index (χ0v) is 9.33. The normalized spacial score (nSPS) is 13.4. The molecule has 0 bridgehead atoms. The Labute approximate surface area is 80.8 Å². The number of aryl methyl sites for hydroxylation is 1. The molecule has 0 radical (unpaired) electrons. The number of halogens is 1. The molecule has 62 valence electrons. The molecule has 2 heteroatoms. The van der Waals surface area contributed by atoms with Crippen LogP contribution in [0.3, 0.4) is 0 Å². The lowest BCUT2D eigenvalue weighted by Gasteiger charge is -2.04. The van der Waals surface area contributed by atoms with Gasteiger partial charge in [-0.05, 0) is 31.4 Å². The van der Waals surface area contributed by atoms with E-state index < -0.39 is 0 Å². The highest BCUT2D eigenvalue weighted by Gasteiger charge is 2.05. The third kappa shape index (κ3) is 2.60. The van der Waals surface area contributed by atoms with Crippen LogP contribution >= 0.6 is 27.3 Å². The fourth-order valence-corrected chi connectivity index (χ4v) is 2.67. The lowest BCUT2D eigenvalue weighted by Crippen LogP contribution is -1.89. The predicted octanol–water partition coefficient (Wildman–Crippen LogP) is 3.95. The van der Waals surface area contributed by atoms with Crippen molar-refractivity contribution in [1.29, 1.82) is 0 Å². The van der Waals surface area contributed by atoms with E-state index in [-0.39, 0.29) is 0 Å². The summed E-state index contributed by atoms with van der Waals surface area (Å²) in [5.74, 6) is 0.716. The van der Waals surface area contributed by atoms with Gasteiger partial charge in [0.1, 0.15) is 0 Å². The zero-order valence-electron chi connectivity index (χ0n) is 6.93. The lowest BCUT2D eigenvalue weighted by atomic mass is 10.1. The van der Waals surface area contributed by atoms with Crippen molar-refractivity contribution < 1.29 is 0 Å². The highest BCUT2D eigenvalue weighted by atomic mass is 79.9. The predicted molar refractivity (Wildman–Crippen MR) is 55.9 cm³/mol. The summed E-state index contributed by atoms with van der Waals surface area (Å²) >= 11 is 5.37. The van der Waals surface area contributed by atoms with Gasteiger partial charge >= 0.3 is 0 Å². The molecular formula is C9H13BrS. The van der Waals surface area contributed by atoms with Crippen LogP contribution in [0.15, 0.2) is 12.1 Å². The van der Waals surface area contributed by atoms with E-state index in [0.717, 1.165) is 5.33 Å². The third-order valence-electron chi connectivity index (χ3n) is 1.79. The van der Waals surface area contributed by atoms with Crippen molar-refractivity contribution in [3.8, 4) is 0 Å². The van der Waals surface area contributed by atoms with Gasteiger partial charge in [0.15, 0.2) is 0 Å². The first kappa shape index (κ1) is 9.27. The molecule has 0 amide bonds. The summed E-state index contributed by atoms with van der Waals surface area (Å²) in [7, 11) is 0. The van der Waals surface area contributed by atoms with Crippen LogP contribution in [0.4, 0.5) is 0 Å². The second-order valence-electron chi connectivity index (χ2n) is 2.83. The summed E-state index contributed by atoms with van der Waals surface area (Å²) in [6, 6.07) is 4.44. The molecule has 1 rings (SSSR count). The van der Waals surface area contributed by atoms with E-state index in [0.29, 0.717) is 5.92 Å². The van der Waals surface area contributed by atoms with E-state index in [1.54, 1.807) is 0 Å². The Hall–Kier alpha value is 0.180. The molecule has 11 heavy (non-hydrogen) atoms. The molecule has 0 aromatic carbocycles. The SMILES string of the molecule is Cc1ccc(C(C)CCBr)s1. The van der Waals surface area contributed by atoms with Crippen LogP contribution in [0.1, 0.15) is 29.0 Å². The van der Waals surface area contributed by atoms with E-state index in [1.807, 2.05) is 11.3 Å². The van der Waals surface area contributed by atoms with E-state index in [1.165, 1.54) is 16.2 Å².